The van der Waals surface area contributed by atoms with Gasteiger partial charge < -0.3 is 5.32 Å². The Kier molecular flexibility index (Phi) is 2.42. The molecule has 2 aliphatic carbocycles. The minimum Gasteiger partial charge on any atom is -0.316 e. The molecule has 3 atom stereocenters. The van der Waals surface area contributed by atoms with E-state index in [1.807, 2.05) is 12.1 Å². The zero-order valence-electron chi connectivity index (χ0n) is 13.0. The number of nitrogens with one attached hydrogen (secondary N) is 2. The molecule has 2 aromatic rings. The van der Waals surface area contributed by atoms with Crippen molar-refractivity contribution >= 4 is 11.9 Å². The Hall–Kier alpha value is -2.69. The molecule has 120 valence electrons. The van der Waals surface area contributed by atoms with Gasteiger partial charge in [-0.05, 0) is 52.6 Å². The minimum absolute atomic E-state index is 0.425. The van der Waals surface area contributed by atoms with Crippen LogP contribution in [0.25, 0.3) is 11.1 Å². The Bertz CT molecular complexity index is 939. The molecule has 2 aromatic carbocycles. The van der Waals surface area contributed by atoms with Gasteiger partial charge in [0.05, 0.1) is 0 Å². The third kappa shape index (κ3) is 1.57. The molecule has 0 radical (unpaired) electrons. The van der Waals surface area contributed by atoms with Crippen molar-refractivity contribution in [3.8, 4) is 11.1 Å². The molecule has 5 heteroatoms. The minimum atomic E-state index is -1.32. The highest BCUT2D eigenvalue weighted by Crippen LogP contribution is 2.53. The number of hydrogen-bond acceptors (Lipinski definition) is 2. The monoisotopic (exact) mass is 322 g/mol. The first-order valence-corrected chi connectivity index (χ1v) is 8.09. The lowest BCUT2D eigenvalue weighted by Gasteiger charge is -2.23. The van der Waals surface area contributed by atoms with Crippen LogP contribution in [0.2, 0.25) is 0 Å². The second-order valence-electron chi connectivity index (χ2n) is 6.97. The maximum absolute atomic E-state index is 13.9. The van der Waals surface area contributed by atoms with E-state index >= 15 is 0 Å². The van der Waals surface area contributed by atoms with Gasteiger partial charge in [0.2, 0.25) is 0 Å². The highest BCUT2D eigenvalue weighted by molar-refractivity contribution is 6.13. The maximum Gasteiger partial charge on any atom is 0.322 e. The van der Waals surface area contributed by atoms with E-state index in [0.717, 1.165) is 23.1 Å². The van der Waals surface area contributed by atoms with Crippen LogP contribution in [-0.4, -0.2) is 11.9 Å². The predicted octanol–water partition coefficient (Wildman–Crippen LogP) is 3.01. The molecule has 2 fully saturated rings. The van der Waals surface area contributed by atoms with Crippen molar-refractivity contribution in [3.05, 3.63) is 58.9 Å². The highest BCUT2D eigenvalue weighted by atomic mass is 19.1. The Morgan fingerprint density at radius 3 is 2.38 bits per heavy atom. The van der Waals surface area contributed by atoms with Crippen molar-refractivity contribution in [3.63, 3.8) is 0 Å². The quantitative estimate of drug-likeness (QED) is 0.793. The van der Waals surface area contributed by atoms with E-state index < -0.39 is 23.3 Å². The molecule has 0 bridgehead atoms. The van der Waals surface area contributed by atoms with Crippen molar-refractivity contribution in [1.29, 1.82) is 0 Å². The smallest absolute Gasteiger partial charge is 0.316 e. The molecular weight excluding hydrogens is 307 g/mol. The van der Waals surface area contributed by atoms with E-state index in [1.54, 1.807) is 6.07 Å². The van der Waals surface area contributed by atoms with E-state index in [0.29, 0.717) is 17.4 Å². The molecule has 1 aliphatic heterocycles. The maximum atomic E-state index is 13.9. The average Bonchev–Trinajstić information content (AvgIpc) is 3.12. The standard InChI is InChI=1S/C19H15FN2O2/c1-9-6-14(9)10-2-4-12-13-5-3-11(20)8-16(13)19(15(12)7-10)17(23)21-18(24)22-19/h2-5,7-9,14H,6H2,1H3,(H2,21,22,23,24)/t9-,14+,19?/m0/s1. The molecule has 3 aliphatic rings. The summed E-state index contributed by atoms with van der Waals surface area (Å²) in [6.45, 7) is 2.20. The first-order chi connectivity index (χ1) is 11.5. The highest BCUT2D eigenvalue weighted by Gasteiger charge is 2.55. The fraction of sp³-hybridized carbons (Fsp3) is 0.263. The van der Waals surface area contributed by atoms with Crippen LogP contribution >= 0.6 is 0 Å². The third-order valence-electron chi connectivity index (χ3n) is 5.53. The van der Waals surface area contributed by atoms with Gasteiger partial charge in [-0.25, -0.2) is 9.18 Å². The molecule has 4 nitrogen and oxygen atoms in total. The normalized spacial score (nSPS) is 29.2. The van der Waals surface area contributed by atoms with Gasteiger partial charge in [-0.15, -0.1) is 0 Å². The molecule has 1 saturated carbocycles. The summed E-state index contributed by atoms with van der Waals surface area (Å²) in [5, 5.41) is 5.06. The van der Waals surface area contributed by atoms with Gasteiger partial charge in [0.25, 0.3) is 5.91 Å². The number of carbonyl (C=O) groups excluding carboxylic acids is 2. The summed E-state index contributed by atoms with van der Waals surface area (Å²) in [5.74, 6) is 0.255. The van der Waals surface area contributed by atoms with E-state index in [2.05, 4.69) is 23.6 Å². The van der Waals surface area contributed by atoms with Crippen molar-refractivity contribution in [1.82, 2.24) is 10.6 Å². The van der Waals surface area contributed by atoms with Gasteiger partial charge in [0.15, 0.2) is 5.54 Å². The number of imide groups is 1. The zero-order valence-corrected chi connectivity index (χ0v) is 13.0. The number of urea groups is 1. The van der Waals surface area contributed by atoms with Gasteiger partial charge >= 0.3 is 6.03 Å². The molecule has 1 saturated heterocycles. The van der Waals surface area contributed by atoms with E-state index in [4.69, 9.17) is 0 Å². The predicted molar refractivity (Wildman–Crippen MR) is 85.8 cm³/mol. The zero-order chi connectivity index (χ0) is 16.6. The lowest BCUT2D eigenvalue weighted by molar-refractivity contribution is -0.122. The number of hydrogen-bond donors (Lipinski definition) is 2. The summed E-state index contributed by atoms with van der Waals surface area (Å²) in [7, 11) is 0. The van der Waals surface area contributed by atoms with E-state index in [-0.39, 0.29) is 0 Å². The lowest BCUT2D eigenvalue weighted by atomic mass is 9.86. The number of amides is 3. The van der Waals surface area contributed by atoms with Gasteiger partial charge in [-0.3, -0.25) is 10.1 Å². The number of halogens is 1. The van der Waals surface area contributed by atoms with Gasteiger partial charge in [0.1, 0.15) is 5.82 Å². The Labute approximate surface area is 138 Å². The van der Waals surface area contributed by atoms with Crippen LogP contribution in [0, 0.1) is 11.7 Å². The molecule has 5 rings (SSSR count). The first kappa shape index (κ1) is 13.7. The fourth-order valence-electron chi connectivity index (χ4n) is 4.17. The summed E-state index contributed by atoms with van der Waals surface area (Å²) in [5.41, 5.74) is 2.75. The first-order valence-electron chi connectivity index (χ1n) is 8.09. The SMILES string of the molecule is C[C@H]1C[C@H]1c1ccc2c(c1)C1(NC(=O)NC1=O)c1cc(F)ccc1-2. The molecular formula is C19H15FN2O2. The Morgan fingerprint density at radius 2 is 1.75 bits per heavy atom. The summed E-state index contributed by atoms with van der Waals surface area (Å²) in [6.07, 6.45) is 1.13. The average molecular weight is 322 g/mol. The van der Waals surface area contributed by atoms with Crippen LogP contribution in [0.15, 0.2) is 36.4 Å². The molecule has 1 unspecified atom stereocenters. The molecule has 1 heterocycles. The molecule has 0 aromatic heterocycles. The Balaban J connectivity index is 1.80. The summed E-state index contributed by atoms with van der Waals surface area (Å²) in [4.78, 5) is 24.6. The van der Waals surface area contributed by atoms with E-state index in [9.17, 15) is 14.0 Å². The molecule has 2 N–H and O–H groups in total. The second-order valence-corrected chi connectivity index (χ2v) is 6.97. The van der Waals surface area contributed by atoms with Crippen LogP contribution in [0.1, 0.15) is 36.0 Å². The number of rotatable bonds is 1. The van der Waals surface area contributed by atoms with Crippen molar-refractivity contribution in [2.24, 2.45) is 5.92 Å². The Morgan fingerprint density at radius 1 is 1.08 bits per heavy atom. The van der Waals surface area contributed by atoms with Crippen molar-refractivity contribution in [2.45, 2.75) is 24.8 Å². The number of benzene rings is 2. The second kappa shape index (κ2) is 4.23. The van der Waals surface area contributed by atoms with Crippen molar-refractivity contribution in [2.75, 3.05) is 0 Å². The van der Waals surface area contributed by atoms with Gasteiger partial charge in [-0.2, -0.15) is 0 Å². The van der Waals surface area contributed by atoms with Gasteiger partial charge in [0, 0.05) is 5.56 Å². The van der Waals surface area contributed by atoms with Crippen molar-refractivity contribution < 1.29 is 14.0 Å². The van der Waals surface area contributed by atoms with E-state index in [1.165, 1.54) is 17.7 Å². The number of fused-ring (bicyclic) bond motifs is 5. The number of carbonyl (C=O) groups is 2. The molecule has 3 amide bonds. The topological polar surface area (TPSA) is 58.2 Å². The largest absolute Gasteiger partial charge is 0.322 e. The fourth-order valence-corrected chi connectivity index (χ4v) is 4.17. The summed E-state index contributed by atoms with van der Waals surface area (Å²) >= 11 is 0. The van der Waals surface area contributed by atoms with Crippen LogP contribution in [0.5, 0.6) is 0 Å². The van der Waals surface area contributed by atoms with Crippen LogP contribution in [0.3, 0.4) is 0 Å². The summed E-state index contributed by atoms with van der Waals surface area (Å²) < 4.78 is 13.9. The van der Waals surface area contributed by atoms with Crippen LogP contribution in [0.4, 0.5) is 9.18 Å². The van der Waals surface area contributed by atoms with Gasteiger partial charge in [-0.1, -0.05) is 31.2 Å². The lowest BCUT2D eigenvalue weighted by Crippen LogP contribution is -2.43. The molecule has 24 heavy (non-hydrogen) atoms. The van der Waals surface area contributed by atoms with Crippen LogP contribution < -0.4 is 10.6 Å². The summed E-state index contributed by atoms with van der Waals surface area (Å²) in [6, 6.07) is 9.93. The van der Waals surface area contributed by atoms with Crippen LogP contribution in [-0.2, 0) is 10.3 Å². The molecule has 1 spiro atoms. The third-order valence-corrected chi connectivity index (χ3v) is 5.53.